The lowest BCUT2D eigenvalue weighted by Crippen LogP contribution is -2.51. The number of amides is 2. The number of ketones is 2. The lowest BCUT2D eigenvalue weighted by molar-refractivity contribution is -0.127. The molecule has 0 aromatic heterocycles. The highest BCUT2D eigenvalue weighted by molar-refractivity contribution is 9.10. The molecule has 2 amide bonds. The number of carbonyl (C=O) groups excluding carboxylic acids is 4. The van der Waals surface area contributed by atoms with Gasteiger partial charge in [-0.3, -0.25) is 19.2 Å². The number of rotatable bonds is 2. The van der Waals surface area contributed by atoms with E-state index in [0.29, 0.717) is 16.3 Å². The number of halogens is 2. The lowest BCUT2D eigenvalue weighted by atomic mass is 9.77. The van der Waals surface area contributed by atoms with E-state index in [1.807, 2.05) is 13.0 Å². The number of benzene rings is 3. The summed E-state index contributed by atoms with van der Waals surface area (Å²) < 4.78 is 7.02. The van der Waals surface area contributed by atoms with E-state index >= 15 is 0 Å². The molecule has 3 atom stereocenters. The summed E-state index contributed by atoms with van der Waals surface area (Å²) in [7, 11) is 0. The minimum Gasteiger partial charge on any atom is -0.349 e. The predicted molar refractivity (Wildman–Crippen MR) is 131 cm³/mol. The number of anilines is 1. The Hall–Kier alpha value is -3.13. The number of imide groups is 1. The van der Waals surface area contributed by atoms with Gasteiger partial charge in [-0.2, -0.15) is 0 Å². The highest BCUT2D eigenvalue weighted by Crippen LogP contribution is 2.57. The largest absolute Gasteiger partial charge is 0.349 e. The molecule has 6 nitrogen and oxygen atoms in total. The summed E-state index contributed by atoms with van der Waals surface area (Å²) in [5, 5.41) is 0.398. The number of aryl methyl sites for hydroxylation is 1. The number of ether oxygens (including phenoxy) is 1. The molecule has 174 valence electrons. The number of nitrogens with zero attached hydrogens (tertiary/aromatic N) is 1. The Morgan fingerprint density at radius 1 is 0.886 bits per heavy atom. The van der Waals surface area contributed by atoms with Gasteiger partial charge in [-0.1, -0.05) is 70.0 Å². The van der Waals surface area contributed by atoms with Crippen molar-refractivity contribution in [3.8, 4) is 0 Å². The van der Waals surface area contributed by atoms with Gasteiger partial charge in [-0.25, -0.2) is 4.90 Å². The second kappa shape index (κ2) is 7.68. The van der Waals surface area contributed by atoms with Crippen molar-refractivity contribution in [1.29, 1.82) is 0 Å². The average molecular weight is 551 g/mol. The second-order valence-corrected chi connectivity index (χ2v) is 10.3. The molecule has 0 bridgehead atoms. The van der Waals surface area contributed by atoms with Crippen molar-refractivity contribution in [2.75, 3.05) is 4.90 Å². The molecule has 0 saturated carbocycles. The third-order valence-electron chi connectivity index (χ3n) is 7.11. The van der Waals surface area contributed by atoms with Crippen LogP contribution in [-0.2, 0) is 14.3 Å². The Balaban J connectivity index is 1.55. The summed E-state index contributed by atoms with van der Waals surface area (Å²) in [6.07, 6.45) is -0.970. The van der Waals surface area contributed by atoms with E-state index in [-0.39, 0.29) is 11.1 Å². The van der Waals surface area contributed by atoms with E-state index in [4.69, 9.17) is 16.3 Å². The van der Waals surface area contributed by atoms with E-state index < -0.39 is 46.9 Å². The molecule has 35 heavy (non-hydrogen) atoms. The molecule has 8 heteroatoms. The van der Waals surface area contributed by atoms with Gasteiger partial charge in [-0.15, -0.1) is 0 Å². The van der Waals surface area contributed by atoms with Crippen molar-refractivity contribution >= 4 is 56.6 Å². The van der Waals surface area contributed by atoms with Gasteiger partial charge in [0.1, 0.15) is 0 Å². The first-order valence-corrected chi connectivity index (χ1v) is 12.2. The number of fused-ring (bicyclic) bond motifs is 3. The maximum Gasteiger partial charge on any atom is 0.241 e. The van der Waals surface area contributed by atoms with Crippen molar-refractivity contribution in [3.05, 3.63) is 98.5 Å². The van der Waals surface area contributed by atoms with Gasteiger partial charge in [-0.05, 0) is 42.3 Å². The summed E-state index contributed by atoms with van der Waals surface area (Å²) in [5.41, 5.74) is -0.0296. The van der Waals surface area contributed by atoms with Crippen molar-refractivity contribution < 1.29 is 23.9 Å². The number of hydrogen-bond acceptors (Lipinski definition) is 5. The molecule has 3 aromatic rings. The Morgan fingerprint density at radius 2 is 1.57 bits per heavy atom. The van der Waals surface area contributed by atoms with Gasteiger partial charge in [0.15, 0.2) is 0 Å². The van der Waals surface area contributed by atoms with Crippen molar-refractivity contribution in [2.45, 2.75) is 18.6 Å². The fraction of sp³-hybridized carbons (Fsp3) is 0.185. The quantitative estimate of drug-likeness (QED) is 0.327. The molecule has 2 saturated heterocycles. The van der Waals surface area contributed by atoms with Crippen LogP contribution < -0.4 is 4.90 Å². The summed E-state index contributed by atoms with van der Waals surface area (Å²) in [5.74, 6) is -4.71. The first-order chi connectivity index (χ1) is 16.8. The van der Waals surface area contributed by atoms with Crippen LogP contribution in [0.1, 0.15) is 37.9 Å². The van der Waals surface area contributed by atoms with Crippen LogP contribution in [-0.4, -0.2) is 29.0 Å². The Bertz CT molecular complexity index is 1450. The van der Waals surface area contributed by atoms with Crippen LogP contribution in [0, 0.1) is 18.8 Å². The Kier molecular flexibility index (Phi) is 4.90. The molecule has 6 rings (SSSR count). The topological polar surface area (TPSA) is 80.8 Å². The Morgan fingerprint density at radius 3 is 2.20 bits per heavy atom. The second-order valence-electron chi connectivity index (χ2n) is 8.98. The van der Waals surface area contributed by atoms with Crippen LogP contribution in [0.25, 0.3) is 0 Å². The van der Waals surface area contributed by atoms with Crippen LogP contribution in [0.5, 0.6) is 0 Å². The minimum absolute atomic E-state index is 0.197. The van der Waals surface area contributed by atoms with Crippen LogP contribution in [0.3, 0.4) is 0 Å². The number of Topliss-reactive ketones (excluding diaryl/α,β-unsaturated/α-hetero) is 2. The van der Waals surface area contributed by atoms with Crippen LogP contribution >= 0.6 is 27.5 Å². The average Bonchev–Trinajstić information content (AvgIpc) is 3.41. The molecule has 1 aliphatic carbocycles. The van der Waals surface area contributed by atoms with Gasteiger partial charge in [0.2, 0.25) is 29.0 Å². The smallest absolute Gasteiger partial charge is 0.241 e. The van der Waals surface area contributed by atoms with Gasteiger partial charge in [0.25, 0.3) is 0 Å². The molecule has 1 spiro atoms. The molecule has 3 aromatic carbocycles. The van der Waals surface area contributed by atoms with E-state index in [1.165, 1.54) is 0 Å². The minimum atomic E-state index is -2.10. The maximum atomic E-state index is 13.9. The molecular formula is C27H17BrClNO5. The van der Waals surface area contributed by atoms with Crippen LogP contribution in [0.4, 0.5) is 5.69 Å². The zero-order valence-electron chi connectivity index (χ0n) is 18.3. The van der Waals surface area contributed by atoms with E-state index in [1.54, 1.807) is 60.7 Å². The zero-order valence-corrected chi connectivity index (χ0v) is 20.7. The lowest BCUT2D eigenvalue weighted by Gasteiger charge is -2.27. The molecular weight excluding hydrogens is 534 g/mol. The van der Waals surface area contributed by atoms with E-state index in [2.05, 4.69) is 15.9 Å². The van der Waals surface area contributed by atoms with Crippen molar-refractivity contribution in [3.63, 3.8) is 0 Å². The molecule has 3 aliphatic rings. The third kappa shape index (κ3) is 2.92. The molecule has 2 aliphatic heterocycles. The van der Waals surface area contributed by atoms with Crippen LogP contribution in [0.15, 0.2) is 71.2 Å². The third-order valence-corrected chi connectivity index (χ3v) is 8.01. The van der Waals surface area contributed by atoms with Crippen LogP contribution in [0.2, 0.25) is 5.02 Å². The SMILES string of the molecule is Cc1ccc(N2C(=O)C3C(c4cccc(Br)c4)OC4(C(=O)c5ccccc5C4=O)C3C2=O)cc1Cl. The molecule has 0 N–H and O–H groups in total. The molecule has 3 unspecified atom stereocenters. The van der Waals surface area contributed by atoms with Crippen molar-refractivity contribution in [2.24, 2.45) is 11.8 Å². The summed E-state index contributed by atoms with van der Waals surface area (Å²) in [6, 6.07) is 18.4. The predicted octanol–water partition coefficient (Wildman–Crippen LogP) is 5.11. The molecule has 2 heterocycles. The molecule has 2 fully saturated rings. The summed E-state index contributed by atoms with van der Waals surface area (Å²) in [6.45, 7) is 1.81. The number of hydrogen-bond donors (Lipinski definition) is 0. The summed E-state index contributed by atoms with van der Waals surface area (Å²) in [4.78, 5) is 56.3. The van der Waals surface area contributed by atoms with Gasteiger partial charge >= 0.3 is 0 Å². The standard InChI is InChI=1S/C27H17BrClNO5/c1-13-9-10-16(12-19(13)29)30-25(33)20-21(26(30)34)27(35-22(20)14-5-4-6-15(28)11-14)23(31)17-7-2-3-8-18(17)24(27)32/h2-12,20-22H,1H3. The highest BCUT2D eigenvalue weighted by Gasteiger charge is 2.74. The maximum absolute atomic E-state index is 13.9. The zero-order chi connectivity index (χ0) is 24.6. The monoisotopic (exact) mass is 549 g/mol. The number of carbonyl (C=O) groups is 4. The first kappa shape index (κ1) is 22.3. The summed E-state index contributed by atoms with van der Waals surface area (Å²) >= 11 is 9.72. The molecule has 0 radical (unpaired) electrons. The van der Waals surface area contributed by atoms with Gasteiger partial charge in [0, 0.05) is 20.6 Å². The first-order valence-electron chi connectivity index (χ1n) is 11.0. The normalized spacial score (nSPS) is 24.4. The fourth-order valence-electron chi connectivity index (χ4n) is 5.48. The van der Waals surface area contributed by atoms with E-state index in [0.717, 1.165) is 14.9 Å². The fourth-order valence-corrected chi connectivity index (χ4v) is 6.07. The van der Waals surface area contributed by atoms with E-state index in [9.17, 15) is 19.2 Å². The Labute approximate surface area is 214 Å². The van der Waals surface area contributed by atoms with Gasteiger partial charge < -0.3 is 4.74 Å². The van der Waals surface area contributed by atoms with Crippen molar-refractivity contribution in [1.82, 2.24) is 0 Å². The van der Waals surface area contributed by atoms with Gasteiger partial charge in [0.05, 0.1) is 23.6 Å². The highest BCUT2D eigenvalue weighted by atomic mass is 79.9.